The number of benzene rings is 1. The second kappa shape index (κ2) is 7.82. The van der Waals surface area contributed by atoms with E-state index in [1.54, 1.807) is 19.1 Å². The van der Waals surface area contributed by atoms with Crippen molar-refractivity contribution >= 4 is 22.2 Å². The molecule has 3 rings (SSSR count). The summed E-state index contributed by atoms with van der Waals surface area (Å²) in [6.07, 6.45) is -4.58. The average molecular weight is 451 g/mol. The zero-order valence-electron chi connectivity index (χ0n) is 16.3. The van der Waals surface area contributed by atoms with Crippen molar-refractivity contribution in [1.29, 1.82) is 0 Å². The van der Waals surface area contributed by atoms with E-state index in [4.69, 9.17) is 12.2 Å². The van der Waals surface area contributed by atoms with Crippen LogP contribution in [0.3, 0.4) is 0 Å². The van der Waals surface area contributed by atoms with Crippen molar-refractivity contribution < 1.29 is 26.5 Å². The molecule has 160 valence electrons. The molecule has 1 saturated heterocycles. The van der Waals surface area contributed by atoms with Crippen molar-refractivity contribution in [3.8, 4) is 0 Å². The number of nitrogens with one attached hydrogen (secondary N) is 1. The van der Waals surface area contributed by atoms with Crippen molar-refractivity contribution in [1.82, 2.24) is 18.7 Å². The number of hydrogen-bond donors (Lipinski definition) is 1. The number of quaternary nitrogens is 1. The minimum absolute atomic E-state index is 0.0184. The maximum absolute atomic E-state index is 13.0. The van der Waals surface area contributed by atoms with Gasteiger partial charge in [0.1, 0.15) is 0 Å². The summed E-state index contributed by atoms with van der Waals surface area (Å²) in [7, 11) is -2.38. The van der Waals surface area contributed by atoms with E-state index in [2.05, 4.69) is 5.10 Å². The summed E-state index contributed by atoms with van der Waals surface area (Å²) >= 11 is 5.07. The molecule has 1 aliphatic rings. The van der Waals surface area contributed by atoms with Crippen LogP contribution in [0.25, 0.3) is 0 Å². The fraction of sp³-hybridized carbons (Fsp3) is 0.529. The number of nitrogens with zero attached hydrogens (tertiary/aromatic N) is 4. The van der Waals surface area contributed by atoms with Gasteiger partial charge in [-0.25, -0.2) is 8.42 Å². The van der Waals surface area contributed by atoms with Gasteiger partial charge in [-0.3, -0.25) is 4.57 Å². The van der Waals surface area contributed by atoms with Crippen LogP contribution < -0.4 is 4.90 Å². The van der Waals surface area contributed by atoms with E-state index in [1.165, 1.54) is 11.4 Å². The van der Waals surface area contributed by atoms with E-state index in [-0.39, 0.29) is 29.4 Å². The Hall–Kier alpha value is -1.76. The molecule has 7 nitrogen and oxygen atoms in total. The largest absolute Gasteiger partial charge is 0.451 e. The van der Waals surface area contributed by atoms with Crippen molar-refractivity contribution in [3.63, 3.8) is 0 Å². The summed E-state index contributed by atoms with van der Waals surface area (Å²) in [4.78, 5) is 1.20. The number of sulfonamides is 1. The Labute approximate surface area is 172 Å². The van der Waals surface area contributed by atoms with Gasteiger partial charge in [-0.2, -0.15) is 22.2 Å². The Bertz CT molecular complexity index is 1070. The summed E-state index contributed by atoms with van der Waals surface area (Å²) < 4.78 is 68.3. The second-order valence-electron chi connectivity index (χ2n) is 7.24. The highest BCUT2D eigenvalue weighted by molar-refractivity contribution is 7.89. The van der Waals surface area contributed by atoms with Gasteiger partial charge in [0.2, 0.25) is 20.6 Å². The molecule has 1 aromatic heterocycles. The fourth-order valence-corrected chi connectivity index (χ4v) is 5.32. The van der Waals surface area contributed by atoms with Crippen LogP contribution in [0.4, 0.5) is 13.2 Å². The quantitative estimate of drug-likeness (QED) is 0.710. The highest BCUT2D eigenvalue weighted by Crippen LogP contribution is 2.27. The van der Waals surface area contributed by atoms with E-state index in [0.29, 0.717) is 18.7 Å². The van der Waals surface area contributed by atoms with Crippen LogP contribution >= 0.6 is 12.2 Å². The molecule has 2 heterocycles. The van der Waals surface area contributed by atoms with Crippen LogP contribution in [-0.4, -0.2) is 53.2 Å². The summed E-state index contributed by atoms with van der Waals surface area (Å²) in [6.45, 7) is 5.27. The molecule has 2 aromatic rings. The number of alkyl halides is 3. The molecular formula is C17H23F3N5O2S2+. The summed E-state index contributed by atoms with van der Waals surface area (Å²) in [5.74, 6) is -1.04. The fourth-order valence-electron chi connectivity index (χ4n) is 3.48. The molecular weight excluding hydrogens is 427 g/mol. The molecule has 29 heavy (non-hydrogen) atoms. The van der Waals surface area contributed by atoms with Gasteiger partial charge in [0.05, 0.1) is 31.1 Å². The molecule has 0 bridgehead atoms. The van der Waals surface area contributed by atoms with Crippen LogP contribution in [0.2, 0.25) is 0 Å². The first-order chi connectivity index (χ1) is 13.4. The van der Waals surface area contributed by atoms with E-state index in [0.717, 1.165) is 19.7 Å². The number of aryl methyl sites for hydroxylation is 2. The number of aromatic nitrogens is 3. The van der Waals surface area contributed by atoms with Crippen molar-refractivity contribution in [2.75, 3.05) is 26.2 Å². The molecule has 0 spiro atoms. The Morgan fingerprint density at radius 1 is 1.21 bits per heavy atom. The number of hydrogen-bond acceptors (Lipinski definition) is 4. The van der Waals surface area contributed by atoms with Gasteiger partial charge >= 0.3 is 6.18 Å². The lowest BCUT2D eigenvalue weighted by molar-refractivity contribution is -0.926. The minimum Gasteiger partial charge on any atom is -0.314 e. The van der Waals surface area contributed by atoms with E-state index < -0.39 is 22.0 Å². The third-order valence-corrected chi connectivity index (χ3v) is 7.59. The van der Waals surface area contributed by atoms with Gasteiger partial charge in [0, 0.05) is 7.05 Å². The highest BCUT2D eigenvalue weighted by atomic mass is 32.2. The molecule has 0 amide bonds. The van der Waals surface area contributed by atoms with Gasteiger partial charge in [0.15, 0.2) is 6.67 Å². The normalized spacial score (nSPS) is 17.0. The molecule has 12 heteroatoms. The summed E-state index contributed by atoms with van der Waals surface area (Å²) in [6, 6.07) is 5.21. The third kappa shape index (κ3) is 4.39. The zero-order valence-corrected chi connectivity index (χ0v) is 18.0. The Morgan fingerprint density at radius 3 is 2.34 bits per heavy atom. The third-order valence-electron chi connectivity index (χ3n) is 5.05. The molecule has 0 radical (unpaired) electrons. The average Bonchev–Trinajstić information content (AvgIpc) is 2.90. The Morgan fingerprint density at radius 2 is 1.83 bits per heavy atom. The van der Waals surface area contributed by atoms with Crippen molar-refractivity contribution in [3.05, 3.63) is 39.9 Å². The molecule has 0 atom stereocenters. The second-order valence-corrected chi connectivity index (χ2v) is 9.52. The van der Waals surface area contributed by atoms with Crippen LogP contribution in [0.5, 0.6) is 0 Å². The highest BCUT2D eigenvalue weighted by Gasteiger charge is 2.38. The molecule has 1 aromatic carbocycles. The maximum Gasteiger partial charge on any atom is 0.451 e. The number of rotatable bonds is 4. The van der Waals surface area contributed by atoms with Gasteiger partial charge < -0.3 is 4.90 Å². The molecule has 0 aliphatic carbocycles. The van der Waals surface area contributed by atoms with E-state index in [9.17, 15) is 21.6 Å². The number of piperazine rings is 1. The summed E-state index contributed by atoms with van der Waals surface area (Å²) in [5.41, 5.74) is 1.68. The van der Waals surface area contributed by atoms with Crippen molar-refractivity contribution in [2.24, 2.45) is 7.05 Å². The lowest BCUT2D eigenvalue weighted by Gasteiger charge is -2.31. The minimum atomic E-state index is -4.58. The first-order valence-electron chi connectivity index (χ1n) is 9.03. The van der Waals surface area contributed by atoms with Gasteiger partial charge in [-0.15, -0.1) is 5.10 Å². The first kappa shape index (κ1) is 21.9. The predicted octanol–water partition coefficient (Wildman–Crippen LogP) is 1.13. The molecule has 1 N–H and O–H groups in total. The van der Waals surface area contributed by atoms with Gasteiger partial charge in [0.25, 0.3) is 0 Å². The Balaban J connectivity index is 1.71. The smallest absolute Gasteiger partial charge is 0.314 e. The predicted molar refractivity (Wildman–Crippen MR) is 102 cm³/mol. The van der Waals surface area contributed by atoms with Gasteiger partial charge in [-0.1, -0.05) is 17.7 Å². The SMILES string of the molecule is Cc1ccc(S(=O)(=O)N2CC[NH+](Cn3nc(C(F)(F)F)n(C)c3=S)CC2)c(C)c1. The standard InChI is InChI=1S/C17H22F3N5O2S2/c1-12-4-5-14(13(2)10-12)29(26,27)24-8-6-23(7-9-24)11-25-16(28)22(3)15(21-25)17(18,19)20/h4-5,10H,6-9,11H2,1-3H3/p+1. The summed E-state index contributed by atoms with van der Waals surface area (Å²) in [5, 5.41) is 3.61. The van der Waals surface area contributed by atoms with Crippen LogP contribution in [0.15, 0.2) is 23.1 Å². The van der Waals surface area contributed by atoms with Gasteiger partial charge in [-0.05, 0) is 37.7 Å². The Kier molecular flexibility index (Phi) is 5.91. The monoisotopic (exact) mass is 450 g/mol. The molecule has 0 unspecified atom stereocenters. The topological polar surface area (TPSA) is 64.6 Å². The molecule has 1 aliphatic heterocycles. The zero-order chi connectivity index (χ0) is 21.6. The molecule has 0 saturated carbocycles. The molecule has 1 fully saturated rings. The van der Waals surface area contributed by atoms with Crippen LogP contribution in [0, 0.1) is 18.6 Å². The lowest BCUT2D eigenvalue weighted by Crippen LogP contribution is -3.14. The number of halogens is 3. The lowest BCUT2D eigenvalue weighted by atomic mass is 10.2. The first-order valence-corrected chi connectivity index (χ1v) is 10.9. The maximum atomic E-state index is 13.0. The van der Waals surface area contributed by atoms with Crippen LogP contribution in [-0.2, 0) is 29.9 Å². The van der Waals surface area contributed by atoms with Crippen LogP contribution in [0.1, 0.15) is 17.0 Å². The van der Waals surface area contributed by atoms with E-state index >= 15 is 0 Å². The van der Waals surface area contributed by atoms with Crippen molar-refractivity contribution in [2.45, 2.75) is 31.6 Å². The van der Waals surface area contributed by atoms with E-state index in [1.807, 2.05) is 13.0 Å².